The number of rotatable bonds is 4. The zero-order valence-corrected chi connectivity index (χ0v) is 9.44. The van der Waals surface area contributed by atoms with Crippen LogP contribution in [0.25, 0.3) is 0 Å². The van der Waals surface area contributed by atoms with Gasteiger partial charge in [0.25, 0.3) is 5.69 Å². The Morgan fingerprint density at radius 3 is 2.69 bits per heavy atom. The van der Waals surface area contributed by atoms with E-state index in [1.54, 1.807) is 13.0 Å². The summed E-state index contributed by atoms with van der Waals surface area (Å²) in [7, 11) is -1.66. The third-order valence-corrected chi connectivity index (χ3v) is 3.79. The highest BCUT2D eigenvalue weighted by Crippen LogP contribution is 2.24. The van der Waals surface area contributed by atoms with E-state index in [2.05, 4.69) is 0 Å². The van der Waals surface area contributed by atoms with Crippen molar-refractivity contribution in [2.45, 2.75) is 23.5 Å². The smallest absolute Gasteiger partial charge is 0.258 e. The van der Waals surface area contributed by atoms with E-state index in [9.17, 15) is 14.3 Å². The monoisotopic (exact) mass is 238 g/mol. The van der Waals surface area contributed by atoms with Crippen molar-refractivity contribution in [3.63, 3.8) is 0 Å². The summed E-state index contributed by atoms with van der Waals surface area (Å²) in [6.07, 6.45) is 0.398. The maximum Gasteiger partial charge on any atom is 0.285 e. The molecule has 1 rings (SSSR count). The van der Waals surface area contributed by atoms with Crippen LogP contribution in [0.3, 0.4) is 0 Å². The zero-order valence-electron chi connectivity index (χ0n) is 8.62. The Hall–Kier alpha value is -1.74. The molecule has 84 valence electrons. The molecule has 0 N–H and O–H groups in total. The molecule has 0 spiro atoms. The van der Waals surface area contributed by atoms with Gasteiger partial charge in [0.05, 0.1) is 21.8 Å². The minimum atomic E-state index is -1.66. The van der Waals surface area contributed by atoms with E-state index in [-0.39, 0.29) is 10.6 Å². The van der Waals surface area contributed by atoms with Crippen LogP contribution in [-0.2, 0) is 10.8 Å². The summed E-state index contributed by atoms with van der Waals surface area (Å²) in [6.45, 7) is 1.72. The van der Waals surface area contributed by atoms with Crippen LogP contribution in [0.5, 0.6) is 0 Å². The fourth-order valence-corrected chi connectivity index (χ4v) is 2.49. The molecule has 6 heteroatoms. The van der Waals surface area contributed by atoms with Gasteiger partial charge in [0, 0.05) is 6.07 Å². The van der Waals surface area contributed by atoms with Gasteiger partial charge in [-0.25, -0.2) is 0 Å². The molecule has 16 heavy (non-hydrogen) atoms. The average Bonchev–Trinajstić information content (AvgIpc) is 2.30. The van der Waals surface area contributed by atoms with Crippen molar-refractivity contribution in [2.24, 2.45) is 0 Å². The van der Waals surface area contributed by atoms with E-state index in [0.29, 0.717) is 6.42 Å². The van der Waals surface area contributed by atoms with Gasteiger partial charge in [-0.05, 0) is 12.5 Å². The van der Waals surface area contributed by atoms with Gasteiger partial charge in [0.1, 0.15) is 10.1 Å². The second kappa shape index (κ2) is 5.37. The van der Waals surface area contributed by atoms with Gasteiger partial charge in [0.2, 0.25) is 0 Å². The number of nitro groups is 1. The summed E-state index contributed by atoms with van der Waals surface area (Å²) < 4.78 is 11.9. The molecule has 0 heterocycles. The van der Waals surface area contributed by atoms with Crippen molar-refractivity contribution in [2.75, 3.05) is 0 Å². The minimum Gasteiger partial charge on any atom is -0.258 e. The highest BCUT2D eigenvalue weighted by Gasteiger charge is 2.23. The molecule has 0 amide bonds. The fourth-order valence-electron chi connectivity index (χ4n) is 1.22. The maximum atomic E-state index is 11.9. The summed E-state index contributed by atoms with van der Waals surface area (Å²) in [5, 5.41) is 18.8. The predicted octanol–water partition coefficient (Wildman–Crippen LogP) is 2.00. The van der Waals surface area contributed by atoms with Gasteiger partial charge in [-0.1, -0.05) is 19.1 Å². The Bertz CT molecular complexity index is 467. The predicted molar refractivity (Wildman–Crippen MR) is 59.2 cm³/mol. The Balaban J connectivity index is 3.19. The maximum absolute atomic E-state index is 11.9. The van der Waals surface area contributed by atoms with Gasteiger partial charge < -0.3 is 0 Å². The van der Waals surface area contributed by atoms with Crippen molar-refractivity contribution < 1.29 is 9.13 Å². The van der Waals surface area contributed by atoms with Gasteiger partial charge in [0.15, 0.2) is 0 Å². The van der Waals surface area contributed by atoms with Gasteiger partial charge in [-0.3, -0.25) is 14.3 Å². The third kappa shape index (κ3) is 2.44. The molecule has 2 unspecified atom stereocenters. The first kappa shape index (κ1) is 12.3. The molecular formula is C10H10N2O3S. The third-order valence-electron chi connectivity index (χ3n) is 2.05. The lowest BCUT2D eigenvalue weighted by Crippen LogP contribution is -2.12. The van der Waals surface area contributed by atoms with Crippen LogP contribution in [0.2, 0.25) is 0 Å². The fraction of sp³-hybridized carbons (Fsp3) is 0.300. The molecule has 2 atom stereocenters. The number of nitrogens with zero attached hydrogens (tertiary/aromatic N) is 2. The number of hydrogen-bond donors (Lipinski definition) is 0. The number of hydrogen-bond acceptors (Lipinski definition) is 4. The lowest BCUT2D eigenvalue weighted by molar-refractivity contribution is -0.387. The van der Waals surface area contributed by atoms with Crippen LogP contribution in [0.4, 0.5) is 5.69 Å². The standard InChI is InChI=1S/C10H10N2O3S/c1-2-8(7-11)16(15)10-6-4-3-5-9(10)12(13)14/h3-6,8H,2H2,1H3. The molecule has 0 radical (unpaired) electrons. The molecule has 1 aromatic rings. The van der Waals surface area contributed by atoms with Crippen molar-refractivity contribution >= 4 is 16.5 Å². The minimum absolute atomic E-state index is 0.112. The number of nitro benzene ring substituents is 1. The lowest BCUT2D eigenvalue weighted by atomic mass is 10.3. The summed E-state index contributed by atoms with van der Waals surface area (Å²) in [4.78, 5) is 10.2. The quantitative estimate of drug-likeness (QED) is 0.593. The van der Waals surface area contributed by atoms with Crippen LogP contribution >= 0.6 is 0 Å². The highest BCUT2D eigenvalue weighted by molar-refractivity contribution is 7.86. The molecular weight excluding hydrogens is 228 g/mol. The molecule has 0 aliphatic heterocycles. The van der Waals surface area contributed by atoms with Crippen LogP contribution in [-0.4, -0.2) is 14.4 Å². The number of nitriles is 1. The molecule has 0 bridgehead atoms. The molecule has 0 saturated heterocycles. The second-order valence-corrected chi connectivity index (χ2v) is 4.65. The van der Waals surface area contributed by atoms with Crippen molar-refractivity contribution in [3.05, 3.63) is 34.4 Å². The first-order valence-electron chi connectivity index (χ1n) is 4.65. The topological polar surface area (TPSA) is 84.0 Å². The number of benzene rings is 1. The molecule has 0 aliphatic rings. The molecule has 5 nitrogen and oxygen atoms in total. The Morgan fingerprint density at radius 2 is 2.19 bits per heavy atom. The first-order chi connectivity index (χ1) is 7.61. The van der Waals surface area contributed by atoms with Crippen LogP contribution in [0.1, 0.15) is 13.3 Å². The molecule has 0 aromatic heterocycles. The van der Waals surface area contributed by atoms with Crippen molar-refractivity contribution in [3.8, 4) is 6.07 Å². The van der Waals surface area contributed by atoms with E-state index >= 15 is 0 Å². The van der Waals surface area contributed by atoms with Crippen LogP contribution in [0, 0.1) is 21.4 Å². The van der Waals surface area contributed by atoms with Crippen molar-refractivity contribution in [1.29, 1.82) is 5.26 Å². The lowest BCUT2D eigenvalue weighted by Gasteiger charge is -2.06. The van der Waals surface area contributed by atoms with Crippen LogP contribution in [0.15, 0.2) is 29.2 Å². The van der Waals surface area contributed by atoms with Gasteiger partial charge in [-0.2, -0.15) is 5.26 Å². The Labute approximate surface area is 95.3 Å². The summed E-state index contributed by atoms with van der Waals surface area (Å²) >= 11 is 0. The van der Waals surface area contributed by atoms with Crippen LogP contribution < -0.4 is 0 Å². The Kier molecular flexibility index (Phi) is 4.14. The molecule has 0 fully saturated rings. The van der Waals surface area contributed by atoms with E-state index in [0.717, 1.165) is 0 Å². The van der Waals surface area contributed by atoms with Gasteiger partial charge in [-0.15, -0.1) is 0 Å². The van der Waals surface area contributed by atoms with E-state index in [1.165, 1.54) is 18.2 Å². The average molecular weight is 238 g/mol. The van der Waals surface area contributed by atoms with Crippen molar-refractivity contribution in [1.82, 2.24) is 0 Å². The highest BCUT2D eigenvalue weighted by atomic mass is 32.2. The second-order valence-electron chi connectivity index (χ2n) is 3.05. The normalized spacial score (nSPS) is 13.8. The summed E-state index contributed by atoms with van der Waals surface area (Å²) in [6, 6.07) is 7.69. The van der Waals surface area contributed by atoms with Gasteiger partial charge >= 0.3 is 0 Å². The Morgan fingerprint density at radius 1 is 1.56 bits per heavy atom. The largest absolute Gasteiger partial charge is 0.285 e. The molecule has 1 aromatic carbocycles. The van der Waals surface area contributed by atoms with E-state index in [1.807, 2.05) is 6.07 Å². The number of para-hydroxylation sites is 1. The molecule has 0 saturated carbocycles. The zero-order chi connectivity index (χ0) is 12.1. The molecule has 0 aliphatic carbocycles. The summed E-state index contributed by atoms with van der Waals surface area (Å²) in [5.74, 6) is 0. The summed E-state index contributed by atoms with van der Waals surface area (Å²) in [5.41, 5.74) is -0.200. The SMILES string of the molecule is CCC(C#N)S(=O)c1ccccc1[N+](=O)[O-]. The first-order valence-corrected chi connectivity index (χ1v) is 5.86. The van der Waals surface area contributed by atoms with E-state index in [4.69, 9.17) is 5.26 Å². The van der Waals surface area contributed by atoms with E-state index < -0.39 is 21.0 Å².